The normalized spacial score (nSPS) is 7.08. The Bertz CT molecular complexity index is 298. The van der Waals surface area contributed by atoms with Crippen molar-refractivity contribution in [3.8, 4) is 25.2 Å². The van der Waals surface area contributed by atoms with Gasteiger partial charge in [-0.25, -0.2) is 0 Å². The summed E-state index contributed by atoms with van der Waals surface area (Å²) in [6.45, 7) is 0. The van der Waals surface area contributed by atoms with E-state index in [0.717, 1.165) is 11.8 Å². The summed E-state index contributed by atoms with van der Waals surface area (Å²) in [7, 11) is 0. The van der Waals surface area contributed by atoms with Gasteiger partial charge < -0.3 is 0 Å². The molecule has 58 valence electrons. The van der Waals surface area contributed by atoms with Crippen LogP contribution in [0.15, 0.2) is 24.3 Å². The molecule has 0 aliphatic rings. The van der Waals surface area contributed by atoms with Crippen molar-refractivity contribution in [2.24, 2.45) is 0 Å². The standard InChI is InChI=1S/C9H6O.C2H2/c1-2-8-3-5-9(7-10)6-4-8;1-2/h1,3-7H;1-2H. The number of hydrogen-bond donors (Lipinski definition) is 0. The van der Waals surface area contributed by atoms with E-state index in [1.54, 1.807) is 24.3 Å². The maximum atomic E-state index is 10.2. The van der Waals surface area contributed by atoms with Gasteiger partial charge in [0.15, 0.2) is 0 Å². The largest absolute Gasteiger partial charge is 0.298 e. The average Bonchev–Trinajstić information content (AvgIpc) is 2.21. The molecule has 0 bridgehead atoms. The van der Waals surface area contributed by atoms with E-state index < -0.39 is 0 Å². The minimum Gasteiger partial charge on any atom is -0.298 e. The third-order valence-electron chi connectivity index (χ3n) is 1.21. The second kappa shape index (κ2) is 5.77. The minimum absolute atomic E-state index is 0.652. The summed E-state index contributed by atoms with van der Waals surface area (Å²) < 4.78 is 0. The molecule has 0 amide bonds. The molecule has 0 aromatic heterocycles. The van der Waals surface area contributed by atoms with Crippen LogP contribution in [0.2, 0.25) is 0 Å². The second-order valence-electron chi connectivity index (χ2n) is 1.88. The number of terminal acetylenes is 2. The van der Waals surface area contributed by atoms with Gasteiger partial charge in [-0.1, -0.05) is 18.1 Å². The van der Waals surface area contributed by atoms with E-state index in [0.29, 0.717) is 5.56 Å². The number of benzene rings is 1. The van der Waals surface area contributed by atoms with Gasteiger partial charge in [0.05, 0.1) is 0 Å². The van der Waals surface area contributed by atoms with Gasteiger partial charge in [0.2, 0.25) is 0 Å². The maximum Gasteiger partial charge on any atom is 0.150 e. The Hall–Kier alpha value is -1.99. The fraction of sp³-hybridized carbons (Fsp3) is 0. The number of rotatable bonds is 1. The summed E-state index contributed by atoms with van der Waals surface area (Å²) in [5.41, 5.74) is 1.45. The number of aldehydes is 1. The van der Waals surface area contributed by atoms with Gasteiger partial charge in [0.25, 0.3) is 0 Å². The summed E-state index contributed by atoms with van der Waals surface area (Å²) in [6.07, 6.45) is 13.9. The summed E-state index contributed by atoms with van der Waals surface area (Å²) >= 11 is 0. The van der Waals surface area contributed by atoms with Gasteiger partial charge in [0.1, 0.15) is 6.29 Å². The van der Waals surface area contributed by atoms with E-state index in [9.17, 15) is 4.79 Å². The van der Waals surface area contributed by atoms with Crippen molar-refractivity contribution in [2.75, 3.05) is 0 Å². The van der Waals surface area contributed by atoms with Crippen LogP contribution in [-0.4, -0.2) is 6.29 Å². The van der Waals surface area contributed by atoms with E-state index in [4.69, 9.17) is 6.42 Å². The topological polar surface area (TPSA) is 17.1 Å². The molecule has 0 spiro atoms. The molecule has 1 nitrogen and oxygen atoms in total. The summed E-state index contributed by atoms with van der Waals surface area (Å²) in [5, 5.41) is 0. The molecule has 0 saturated carbocycles. The fourth-order valence-electron chi connectivity index (χ4n) is 0.658. The van der Waals surface area contributed by atoms with Crippen LogP contribution in [-0.2, 0) is 0 Å². The molecular formula is C11H8O. The molecule has 1 aromatic rings. The van der Waals surface area contributed by atoms with E-state index in [1.165, 1.54) is 0 Å². The summed E-state index contributed by atoms with van der Waals surface area (Å²) in [4.78, 5) is 10.2. The molecule has 0 fully saturated rings. The smallest absolute Gasteiger partial charge is 0.150 e. The van der Waals surface area contributed by atoms with Crippen LogP contribution >= 0.6 is 0 Å². The Balaban J connectivity index is 0.000000561. The zero-order valence-electron chi connectivity index (χ0n) is 6.53. The van der Waals surface area contributed by atoms with Gasteiger partial charge in [-0.2, -0.15) is 0 Å². The zero-order valence-corrected chi connectivity index (χ0v) is 6.53. The van der Waals surface area contributed by atoms with E-state index >= 15 is 0 Å². The third kappa shape index (κ3) is 2.73. The Kier molecular flexibility index (Phi) is 4.81. The van der Waals surface area contributed by atoms with E-state index in [-0.39, 0.29) is 0 Å². The maximum absolute atomic E-state index is 10.2. The van der Waals surface area contributed by atoms with Gasteiger partial charge in [-0.05, 0) is 12.1 Å². The summed E-state index contributed by atoms with van der Waals surface area (Å²) in [6, 6.07) is 6.87. The van der Waals surface area contributed by atoms with Crippen LogP contribution in [0, 0.1) is 25.2 Å². The second-order valence-corrected chi connectivity index (χ2v) is 1.88. The Morgan fingerprint density at radius 3 is 2.00 bits per heavy atom. The molecule has 1 rings (SSSR count). The Morgan fingerprint density at radius 1 is 1.17 bits per heavy atom. The first kappa shape index (κ1) is 10.0. The number of hydrogen-bond acceptors (Lipinski definition) is 1. The molecule has 0 aliphatic carbocycles. The molecule has 0 saturated heterocycles. The lowest BCUT2D eigenvalue weighted by molar-refractivity contribution is 0.112. The molecule has 0 atom stereocenters. The van der Waals surface area contributed by atoms with Crippen molar-refractivity contribution in [1.29, 1.82) is 0 Å². The highest BCUT2D eigenvalue weighted by molar-refractivity contribution is 5.74. The van der Waals surface area contributed by atoms with E-state index in [2.05, 4.69) is 18.8 Å². The lowest BCUT2D eigenvalue weighted by atomic mass is 10.2. The van der Waals surface area contributed by atoms with Crippen LogP contribution in [0.3, 0.4) is 0 Å². The lowest BCUT2D eigenvalue weighted by Crippen LogP contribution is -1.78. The monoisotopic (exact) mass is 156 g/mol. The summed E-state index contributed by atoms with van der Waals surface area (Å²) in [5.74, 6) is 2.46. The highest BCUT2D eigenvalue weighted by atomic mass is 16.1. The van der Waals surface area contributed by atoms with Gasteiger partial charge in [0, 0.05) is 11.1 Å². The van der Waals surface area contributed by atoms with Crippen molar-refractivity contribution in [3.63, 3.8) is 0 Å². The first-order chi connectivity index (χ1) is 5.86. The molecule has 0 heterocycles. The van der Waals surface area contributed by atoms with Crippen molar-refractivity contribution in [3.05, 3.63) is 35.4 Å². The molecule has 0 aliphatic heterocycles. The van der Waals surface area contributed by atoms with Crippen LogP contribution in [0.25, 0.3) is 0 Å². The van der Waals surface area contributed by atoms with E-state index in [1.807, 2.05) is 0 Å². The molecule has 0 radical (unpaired) electrons. The van der Waals surface area contributed by atoms with Crippen molar-refractivity contribution in [2.45, 2.75) is 0 Å². The predicted octanol–water partition coefficient (Wildman–Crippen LogP) is 1.73. The molecule has 12 heavy (non-hydrogen) atoms. The van der Waals surface area contributed by atoms with Crippen LogP contribution in [0.5, 0.6) is 0 Å². The highest BCUT2D eigenvalue weighted by Crippen LogP contribution is 1.99. The van der Waals surface area contributed by atoms with Crippen LogP contribution in [0.4, 0.5) is 0 Å². The molecule has 1 heteroatoms. The fourth-order valence-corrected chi connectivity index (χ4v) is 0.658. The highest BCUT2D eigenvalue weighted by Gasteiger charge is 1.87. The van der Waals surface area contributed by atoms with Gasteiger partial charge in [-0.15, -0.1) is 19.3 Å². The molecule has 0 unspecified atom stereocenters. The average molecular weight is 156 g/mol. The SMILES string of the molecule is C#C.C#Cc1ccc(C=O)cc1. The Labute approximate surface area is 72.4 Å². The number of carbonyl (C=O) groups is 1. The van der Waals surface area contributed by atoms with Crippen molar-refractivity contribution < 1.29 is 4.79 Å². The first-order valence-corrected chi connectivity index (χ1v) is 3.22. The van der Waals surface area contributed by atoms with Gasteiger partial charge >= 0.3 is 0 Å². The number of carbonyl (C=O) groups excluding carboxylic acids is 1. The minimum atomic E-state index is 0.652. The Morgan fingerprint density at radius 2 is 1.67 bits per heavy atom. The third-order valence-corrected chi connectivity index (χ3v) is 1.21. The molecule has 0 N–H and O–H groups in total. The first-order valence-electron chi connectivity index (χ1n) is 3.22. The molecule has 1 aromatic carbocycles. The van der Waals surface area contributed by atoms with Crippen LogP contribution in [0.1, 0.15) is 15.9 Å². The molecular weight excluding hydrogens is 148 g/mol. The predicted molar refractivity (Wildman–Crippen MR) is 49.7 cm³/mol. The van der Waals surface area contributed by atoms with Crippen LogP contribution < -0.4 is 0 Å². The quantitative estimate of drug-likeness (QED) is 0.447. The lowest BCUT2D eigenvalue weighted by Gasteiger charge is -1.88. The zero-order chi connectivity index (χ0) is 9.40. The van der Waals surface area contributed by atoms with Gasteiger partial charge in [-0.3, -0.25) is 4.79 Å². The van der Waals surface area contributed by atoms with Crippen molar-refractivity contribution >= 4 is 6.29 Å². The van der Waals surface area contributed by atoms with Crippen molar-refractivity contribution in [1.82, 2.24) is 0 Å².